The molecule has 1 aromatic carbocycles. The molecule has 21 heavy (non-hydrogen) atoms. The lowest BCUT2D eigenvalue weighted by atomic mass is 10.1. The van der Waals surface area contributed by atoms with E-state index < -0.39 is 0 Å². The van der Waals surface area contributed by atoms with Gasteiger partial charge in [-0.2, -0.15) is 0 Å². The summed E-state index contributed by atoms with van der Waals surface area (Å²) in [5, 5.41) is 14.2. The van der Waals surface area contributed by atoms with Crippen molar-refractivity contribution < 1.29 is 9.66 Å². The van der Waals surface area contributed by atoms with E-state index in [-0.39, 0.29) is 10.6 Å². The molecule has 0 saturated carbocycles. The minimum absolute atomic E-state index is 0.102. The molecule has 0 aromatic heterocycles. The highest BCUT2D eigenvalue weighted by Gasteiger charge is 2.20. The molecule has 1 aliphatic rings. The number of rotatable bonds is 7. The molecule has 1 aromatic rings. The number of hydrogen-bond acceptors (Lipinski definition) is 5. The van der Waals surface area contributed by atoms with E-state index in [1.807, 2.05) is 0 Å². The van der Waals surface area contributed by atoms with Crippen LogP contribution in [-0.2, 0) is 6.54 Å². The molecule has 6 nitrogen and oxygen atoms in total. The fourth-order valence-corrected chi connectivity index (χ4v) is 2.79. The predicted octanol–water partition coefficient (Wildman–Crippen LogP) is 2.03. The quantitative estimate of drug-likeness (QED) is 0.615. The summed E-state index contributed by atoms with van der Waals surface area (Å²) in [7, 11) is 1.58. The van der Waals surface area contributed by atoms with Gasteiger partial charge >= 0.3 is 0 Å². The van der Waals surface area contributed by atoms with Crippen LogP contribution in [0.3, 0.4) is 0 Å². The summed E-state index contributed by atoms with van der Waals surface area (Å²) in [5.74, 6) is 1.35. The first-order valence-electron chi connectivity index (χ1n) is 7.38. The number of likely N-dealkylation sites (tertiary alicyclic amines) is 1. The molecule has 0 radical (unpaired) electrons. The molecule has 1 aliphatic heterocycles. The van der Waals surface area contributed by atoms with E-state index in [4.69, 9.17) is 4.74 Å². The van der Waals surface area contributed by atoms with Crippen molar-refractivity contribution in [2.24, 2.45) is 5.92 Å². The lowest BCUT2D eigenvalue weighted by Crippen LogP contribution is -2.26. The summed E-state index contributed by atoms with van der Waals surface area (Å²) in [6.07, 6.45) is 1.22. The molecule has 1 N–H and O–H groups in total. The number of hydrogen-bond donors (Lipinski definition) is 1. The second-order valence-electron chi connectivity index (χ2n) is 5.43. The van der Waals surface area contributed by atoms with E-state index in [0.717, 1.165) is 25.2 Å². The number of nitrogens with zero attached hydrogens (tertiary/aromatic N) is 2. The molecule has 1 fully saturated rings. The van der Waals surface area contributed by atoms with Gasteiger partial charge in [0.15, 0.2) is 0 Å². The SMILES string of the molecule is CCN1CCC(CNCc2cc([N+](=O)[O-])ccc2OC)C1. The molecule has 0 aliphatic carbocycles. The zero-order valence-corrected chi connectivity index (χ0v) is 12.7. The highest BCUT2D eigenvalue weighted by molar-refractivity contribution is 5.43. The van der Waals surface area contributed by atoms with Crippen molar-refractivity contribution in [3.8, 4) is 5.75 Å². The monoisotopic (exact) mass is 293 g/mol. The molecule has 116 valence electrons. The minimum Gasteiger partial charge on any atom is -0.496 e. The van der Waals surface area contributed by atoms with Crippen molar-refractivity contribution in [1.82, 2.24) is 10.2 Å². The molecular formula is C15H23N3O3. The van der Waals surface area contributed by atoms with Crippen LogP contribution in [0.4, 0.5) is 5.69 Å². The van der Waals surface area contributed by atoms with Crippen LogP contribution in [0.2, 0.25) is 0 Å². The molecule has 1 unspecified atom stereocenters. The third-order valence-electron chi connectivity index (χ3n) is 4.04. The van der Waals surface area contributed by atoms with Crippen LogP contribution in [0, 0.1) is 16.0 Å². The Balaban J connectivity index is 1.90. The van der Waals surface area contributed by atoms with Gasteiger partial charge in [0.05, 0.1) is 12.0 Å². The van der Waals surface area contributed by atoms with Gasteiger partial charge in [0.2, 0.25) is 0 Å². The summed E-state index contributed by atoms with van der Waals surface area (Å²) >= 11 is 0. The summed E-state index contributed by atoms with van der Waals surface area (Å²) < 4.78 is 5.27. The summed E-state index contributed by atoms with van der Waals surface area (Å²) in [6.45, 7) is 7.12. The third kappa shape index (κ3) is 4.15. The van der Waals surface area contributed by atoms with Gasteiger partial charge in [0.1, 0.15) is 5.75 Å². The number of nitrogens with one attached hydrogen (secondary N) is 1. The average molecular weight is 293 g/mol. The number of non-ortho nitro benzene ring substituents is 1. The highest BCUT2D eigenvalue weighted by Crippen LogP contribution is 2.24. The Hall–Kier alpha value is -1.66. The molecule has 0 spiro atoms. The maximum Gasteiger partial charge on any atom is 0.270 e. The fourth-order valence-electron chi connectivity index (χ4n) is 2.79. The molecule has 0 bridgehead atoms. The van der Waals surface area contributed by atoms with Gasteiger partial charge in [-0.1, -0.05) is 6.92 Å². The maximum absolute atomic E-state index is 10.8. The Morgan fingerprint density at radius 3 is 2.95 bits per heavy atom. The fraction of sp³-hybridized carbons (Fsp3) is 0.600. The third-order valence-corrected chi connectivity index (χ3v) is 4.04. The van der Waals surface area contributed by atoms with E-state index in [0.29, 0.717) is 18.2 Å². The van der Waals surface area contributed by atoms with Gasteiger partial charge in [0, 0.05) is 30.8 Å². The van der Waals surface area contributed by atoms with Crippen molar-refractivity contribution in [1.29, 1.82) is 0 Å². The van der Waals surface area contributed by atoms with Gasteiger partial charge in [-0.05, 0) is 38.0 Å². The van der Waals surface area contributed by atoms with Gasteiger partial charge in [0.25, 0.3) is 5.69 Å². The predicted molar refractivity (Wildman–Crippen MR) is 81.6 cm³/mol. The Morgan fingerprint density at radius 2 is 2.33 bits per heavy atom. The van der Waals surface area contributed by atoms with Crippen molar-refractivity contribution >= 4 is 5.69 Å². The Kier molecular flexibility index (Phi) is 5.52. The molecule has 1 heterocycles. The number of benzene rings is 1. The Bertz CT molecular complexity index is 493. The average Bonchev–Trinajstić information content (AvgIpc) is 2.95. The summed E-state index contributed by atoms with van der Waals surface area (Å²) in [4.78, 5) is 12.9. The van der Waals surface area contributed by atoms with Crippen LogP contribution < -0.4 is 10.1 Å². The second kappa shape index (κ2) is 7.38. The van der Waals surface area contributed by atoms with Crippen LogP contribution in [0.25, 0.3) is 0 Å². The van der Waals surface area contributed by atoms with E-state index in [2.05, 4.69) is 17.1 Å². The summed E-state index contributed by atoms with van der Waals surface area (Å²) in [5.41, 5.74) is 0.933. The number of nitro benzene ring substituents is 1. The minimum atomic E-state index is -0.376. The van der Waals surface area contributed by atoms with Gasteiger partial charge in [-0.15, -0.1) is 0 Å². The zero-order chi connectivity index (χ0) is 15.2. The van der Waals surface area contributed by atoms with Crippen LogP contribution in [-0.4, -0.2) is 43.1 Å². The number of ether oxygens (including phenoxy) is 1. The lowest BCUT2D eigenvalue weighted by molar-refractivity contribution is -0.384. The van der Waals surface area contributed by atoms with Gasteiger partial charge in [-0.25, -0.2) is 0 Å². The summed E-state index contributed by atoms with van der Waals surface area (Å²) in [6, 6.07) is 4.71. The molecular weight excluding hydrogens is 270 g/mol. The molecule has 1 saturated heterocycles. The number of methoxy groups -OCH3 is 1. The zero-order valence-electron chi connectivity index (χ0n) is 12.7. The van der Waals surface area contributed by atoms with Gasteiger partial charge < -0.3 is 15.0 Å². The lowest BCUT2D eigenvalue weighted by Gasteiger charge is -2.14. The van der Waals surface area contributed by atoms with Crippen molar-refractivity contribution in [2.75, 3.05) is 33.3 Å². The highest BCUT2D eigenvalue weighted by atomic mass is 16.6. The first-order chi connectivity index (χ1) is 10.1. The largest absolute Gasteiger partial charge is 0.496 e. The van der Waals surface area contributed by atoms with E-state index in [1.165, 1.54) is 19.0 Å². The molecule has 6 heteroatoms. The maximum atomic E-state index is 10.8. The smallest absolute Gasteiger partial charge is 0.270 e. The van der Waals surface area contributed by atoms with E-state index in [1.54, 1.807) is 19.2 Å². The standard InChI is InChI=1S/C15H23N3O3/c1-3-17-7-6-12(11-17)9-16-10-13-8-14(18(19)20)4-5-15(13)21-2/h4-5,8,12,16H,3,6-7,9-11H2,1-2H3. The van der Waals surface area contributed by atoms with Gasteiger partial charge in [-0.3, -0.25) is 10.1 Å². The van der Waals surface area contributed by atoms with Crippen LogP contribution in [0.15, 0.2) is 18.2 Å². The van der Waals surface area contributed by atoms with Crippen molar-refractivity contribution in [3.63, 3.8) is 0 Å². The van der Waals surface area contributed by atoms with Crippen molar-refractivity contribution in [2.45, 2.75) is 19.9 Å². The van der Waals surface area contributed by atoms with Crippen LogP contribution >= 0.6 is 0 Å². The molecule has 2 rings (SSSR count). The van der Waals surface area contributed by atoms with Crippen LogP contribution in [0.5, 0.6) is 5.75 Å². The normalized spacial score (nSPS) is 18.9. The van der Waals surface area contributed by atoms with Crippen LogP contribution in [0.1, 0.15) is 18.9 Å². The topological polar surface area (TPSA) is 67.6 Å². The Morgan fingerprint density at radius 1 is 1.52 bits per heavy atom. The van der Waals surface area contributed by atoms with E-state index in [9.17, 15) is 10.1 Å². The first-order valence-corrected chi connectivity index (χ1v) is 7.38. The molecule has 1 atom stereocenters. The Labute approximate surface area is 125 Å². The molecule has 0 amide bonds. The first kappa shape index (κ1) is 15.7. The number of nitro groups is 1. The second-order valence-corrected chi connectivity index (χ2v) is 5.43. The van der Waals surface area contributed by atoms with E-state index >= 15 is 0 Å². The van der Waals surface area contributed by atoms with Crippen molar-refractivity contribution in [3.05, 3.63) is 33.9 Å².